The third-order valence-corrected chi connectivity index (χ3v) is 18.7. The number of esters is 4. The van der Waals surface area contributed by atoms with Crippen molar-refractivity contribution in [1.29, 1.82) is 0 Å². The van der Waals surface area contributed by atoms with Crippen LogP contribution in [0.5, 0.6) is 0 Å². The minimum absolute atomic E-state index is 0. The Labute approximate surface area is 569 Å². The molecule has 27 heteroatoms. The standard InChI is InChI=1S/C69H85N7O18.2ClH/c1-39-49(37-69(88)58(93-63(85)46-29-19-12-20-30-46)56-67(7,50(79)36-51-68(56,38-89-51)94-42(4)78)57(80)54(90-41(3)77)52(39)66(69,5)6)91-64(86)55(53(44-25-15-10-16-26-44)75-60(82)45-27-17-11-18-28-45)92-65(87)76(8)34-33-72-61(83)47(31-21-22-32-70)73-62(84)48(74-59(81)40(2)71)35-43-23-13-9-14-24-43;;/h9-20,23-30,40,47-51,53-56,58,79,88H,21-22,31-38,70-71H2,1-8H3,(H,72,83)(H,73,84)(H,74,81)(H,75,82);2*1H/t40-,47+,48+,49+,50+,51-,53+,54-,55-,56+,58+,67-,68+,69-;;/m1../s1. The van der Waals surface area contributed by atoms with E-state index >= 15 is 9.59 Å². The number of ketones is 1. The molecule has 1 aliphatic heterocycles. The van der Waals surface area contributed by atoms with E-state index in [-0.39, 0.29) is 91.6 Å². The third kappa shape index (κ3) is 16.4. The van der Waals surface area contributed by atoms with Gasteiger partial charge in [-0.3, -0.25) is 33.6 Å². The van der Waals surface area contributed by atoms with Crippen molar-refractivity contribution in [3.8, 4) is 0 Å². The van der Waals surface area contributed by atoms with E-state index in [1.807, 2.05) is 6.07 Å². The molecule has 1 saturated heterocycles. The van der Waals surface area contributed by atoms with Crippen LogP contribution in [0.4, 0.5) is 4.79 Å². The maximum absolute atomic E-state index is 16.0. The molecule has 14 atom stereocenters. The Hall–Kier alpha value is -8.30. The molecule has 25 nitrogen and oxygen atoms in total. The highest BCUT2D eigenvalue weighted by Gasteiger charge is 2.78. The van der Waals surface area contributed by atoms with E-state index in [1.165, 1.54) is 59.0 Å². The van der Waals surface area contributed by atoms with E-state index in [9.17, 15) is 48.6 Å². The average Bonchev–Trinajstić information content (AvgIpc) is 0.670. The Bertz CT molecular complexity index is 3480. The molecule has 5 amide bonds. The quantitative estimate of drug-likeness (QED) is 0.0136. The number of ether oxygens (including phenoxy) is 6. The molecular formula is C69H87Cl2N7O18. The first kappa shape index (κ1) is 76.7. The van der Waals surface area contributed by atoms with Gasteiger partial charge in [0.05, 0.1) is 36.2 Å². The van der Waals surface area contributed by atoms with Crippen molar-refractivity contribution in [2.45, 2.75) is 159 Å². The SMILES string of the molecule is CC(=O)O[C@H]1C(=O)[C@@]2(C)[C@H]([C@H](OC(=O)c3ccccc3)[C@]3(O)C[C@H](OC(=O)[C@H](OC(=O)N(C)CCNC(=O)[C@H](CCCC[NH3+])NC(=O)[C@H](Cc4ccccc4)NC(=O)[C@@H](C)[NH3+])[C@@H](NC(=O)c4ccccc4)c4ccccc4)C(C)=C1C3(C)C)[C@]1(OC(C)=O)CO[C@@H]1C[C@@H]2O.[Cl-].[Cl-]. The van der Waals surface area contributed by atoms with Crippen LogP contribution in [-0.2, 0) is 68.4 Å². The average molecular weight is 1370 g/mol. The topological polar surface area (TPSA) is 373 Å². The van der Waals surface area contributed by atoms with Crippen LogP contribution in [0.15, 0.2) is 132 Å². The predicted octanol–water partition coefficient (Wildman–Crippen LogP) is -3.81. The fourth-order valence-electron chi connectivity index (χ4n) is 13.5. The van der Waals surface area contributed by atoms with E-state index < -0.39 is 155 Å². The van der Waals surface area contributed by atoms with Crippen molar-refractivity contribution >= 4 is 59.4 Å². The maximum atomic E-state index is 16.0. The lowest BCUT2D eigenvalue weighted by molar-refractivity contribution is -0.398. The lowest BCUT2D eigenvalue weighted by Crippen LogP contribution is -3.00. The molecule has 0 spiro atoms. The number of fused-ring (bicyclic) bond motifs is 5. The van der Waals surface area contributed by atoms with E-state index in [0.29, 0.717) is 19.4 Å². The van der Waals surface area contributed by atoms with Gasteiger partial charge < -0.3 is 101 Å². The van der Waals surface area contributed by atoms with Crippen LogP contribution < -0.4 is 57.5 Å². The molecule has 520 valence electrons. The van der Waals surface area contributed by atoms with Gasteiger partial charge in [-0.1, -0.05) is 111 Å². The number of unbranched alkanes of at least 4 members (excludes halogenated alkanes) is 1. The first-order chi connectivity index (χ1) is 44.6. The van der Waals surface area contributed by atoms with E-state index in [1.54, 1.807) is 97.9 Å². The number of likely N-dealkylation sites (N-methyl/N-ethyl adjacent to an activating group) is 1. The molecule has 4 aromatic carbocycles. The minimum atomic E-state index is -2.55. The number of hydrogen-bond acceptors (Lipinski definition) is 18. The van der Waals surface area contributed by atoms with Crippen LogP contribution in [-0.4, -0.2) is 174 Å². The molecule has 96 heavy (non-hydrogen) atoms. The van der Waals surface area contributed by atoms with E-state index in [2.05, 4.69) is 32.7 Å². The number of aliphatic hydroxyl groups excluding tert-OH is 1. The summed E-state index contributed by atoms with van der Waals surface area (Å²) in [5.41, 5.74) is 0.397. The molecule has 0 aromatic heterocycles. The van der Waals surface area contributed by atoms with Crippen LogP contribution in [0.25, 0.3) is 0 Å². The normalized spacial score (nSPS) is 25.2. The Morgan fingerprint density at radius 3 is 1.90 bits per heavy atom. The summed E-state index contributed by atoms with van der Waals surface area (Å²) < 4.78 is 37.3. The summed E-state index contributed by atoms with van der Waals surface area (Å²) in [5, 5.41) is 37.7. The number of nitrogens with zero attached hydrogens (tertiary/aromatic N) is 1. The van der Waals surface area contributed by atoms with Crippen LogP contribution in [0, 0.1) is 16.7 Å². The van der Waals surface area contributed by atoms with Crippen LogP contribution >= 0.6 is 0 Å². The highest BCUT2D eigenvalue weighted by molar-refractivity contribution is 5.97. The number of halogens is 2. The van der Waals surface area contributed by atoms with Crippen molar-refractivity contribution in [2.24, 2.45) is 16.7 Å². The first-order valence-corrected chi connectivity index (χ1v) is 31.6. The van der Waals surface area contributed by atoms with Gasteiger partial charge in [-0.25, -0.2) is 14.4 Å². The number of nitrogens with one attached hydrogen (secondary N) is 4. The fourth-order valence-corrected chi connectivity index (χ4v) is 13.5. The Kier molecular flexibility index (Phi) is 26.1. The summed E-state index contributed by atoms with van der Waals surface area (Å²) in [6.07, 6.45) is -11.1. The lowest BCUT2D eigenvalue weighted by atomic mass is 9.44. The van der Waals surface area contributed by atoms with Gasteiger partial charge in [0.2, 0.25) is 17.9 Å². The lowest BCUT2D eigenvalue weighted by Gasteiger charge is -2.67. The Morgan fingerprint density at radius 1 is 0.750 bits per heavy atom. The molecule has 4 aromatic rings. The second kappa shape index (κ2) is 32.6. The molecule has 0 unspecified atom stereocenters. The Balaban J connectivity index is 0.00000729. The molecule has 8 rings (SSSR count). The van der Waals surface area contributed by atoms with Crippen LogP contribution in [0.3, 0.4) is 0 Å². The van der Waals surface area contributed by atoms with Gasteiger partial charge >= 0.3 is 30.0 Å². The maximum Gasteiger partial charge on any atom is 0.410 e. The number of amides is 5. The fraction of sp³-hybridized carbons (Fsp3) is 0.478. The van der Waals surface area contributed by atoms with Gasteiger partial charge in [0.1, 0.15) is 42.0 Å². The molecule has 4 aliphatic rings. The third-order valence-electron chi connectivity index (χ3n) is 18.7. The summed E-state index contributed by atoms with van der Waals surface area (Å²) in [5.74, 6) is -9.12. The van der Waals surface area contributed by atoms with Gasteiger partial charge in [-0.05, 0) is 86.6 Å². The number of aliphatic hydroxyl groups is 2. The molecular weight excluding hydrogens is 1290 g/mol. The number of rotatable bonds is 25. The van der Waals surface area contributed by atoms with Gasteiger partial charge in [0.25, 0.3) is 11.8 Å². The minimum Gasteiger partial charge on any atom is -1.00 e. The number of quaternary nitrogens is 2. The summed E-state index contributed by atoms with van der Waals surface area (Å²) in [7, 11) is 1.32. The van der Waals surface area contributed by atoms with Crippen LogP contribution in [0.2, 0.25) is 0 Å². The van der Waals surface area contributed by atoms with Crippen molar-refractivity contribution in [3.05, 3.63) is 155 Å². The zero-order chi connectivity index (χ0) is 68.5. The van der Waals surface area contributed by atoms with Gasteiger partial charge in [0, 0.05) is 64.2 Å². The van der Waals surface area contributed by atoms with Gasteiger partial charge in [-0.2, -0.15) is 0 Å². The summed E-state index contributed by atoms with van der Waals surface area (Å²) in [6, 6.07) is 28.4. The first-order valence-electron chi connectivity index (χ1n) is 31.6. The van der Waals surface area contributed by atoms with E-state index in [0.717, 1.165) is 24.3 Å². The summed E-state index contributed by atoms with van der Waals surface area (Å²) in [6.45, 7) is 9.36. The summed E-state index contributed by atoms with van der Waals surface area (Å²) in [4.78, 5) is 144. The second-order valence-corrected chi connectivity index (χ2v) is 25.5. The van der Waals surface area contributed by atoms with Crippen molar-refractivity contribution < 1.29 is 123 Å². The van der Waals surface area contributed by atoms with Gasteiger partial charge in [-0.15, -0.1) is 0 Å². The monoisotopic (exact) mass is 1370 g/mol. The molecule has 3 fully saturated rings. The molecule has 0 radical (unpaired) electrons. The van der Waals surface area contributed by atoms with Gasteiger partial charge in [0.15, 0.2) is 23.5 Å². The molecule has 12 N–H and O–H groups in total. The molecule has 1 heterocycles. The number of benzene rings is 4. The van der Waals surface area contributed by atoms with Crippen molar-refractivity contribution in [3.63, 3.8) is 0 Å². The van der Waals surface area contributed by atoms with Crippen molar-refractivity contribution in [2.75, 3.05) is 33.3 Å². The number of hydrogen-bond donors (Lipinski definition) is 8. The highest BCUT2D eigenvalue weighted by Crippen LogP contribution is 2.64. The summed E-state index contributed by atoms with van der Waals surface area (Å²) >= 11 is 0. The smallest absolute Gasteiger partial charge is 0.410 e. The molecule has 3 aliphatic carbocycles. The zero-order valence-corrected chi connectivity index (χ0v) is 56.5. The molecule has 2 saturated carbocycles. The number of carbonyl (C=O) groups excluding carboxylic acids is 10. The van der Waals surface area contributed by atoms with E-state index in [4.69, 9.17) is 28.4 Å². The Morgan fingerprint density at radius 2 is 1.33 bits per heavy atom. The predicted molar refractivity (Wildman–Crippen MR) is 336 cm³/mol. The zero-order valence-electron chi connectivity index (χ0n) is 55.0. The molecule has 2 bridgehead atoms. The largest absolute Gasteiger partial charge is 1.00 e. The van der Waals surface area contributed by atoms with Crippen molar-refractivity contribution in [1.82, 2.24) is 26.2 Å². The number of carbonyl (C=O) groups is 10. The van der Waals surface area contributed by atoms with Crippen LogP contribution in [0.1, 0.15) is 118 Å². The second-order valence-electron chi connectivity index (χ2n) is 25.5. The highest BCUT2D eigenvalue weighted by atomic mass is 35.5. The number of Topliss-reactive ketones (excluding diaryl/α,β-unsaturated/α-hetero) is 1.